The molecule has 0 amide bonds. The average Bonchev–Trinajstić information content (AvgIpc) is 3.21. The number of morpholine rings is 1. The van der Waals surface area contributed by atoms with Crippen LogP contribution in [0.25, 0.3) is 11.8 Å². The predicted molar refractivity (Wildman–Crippen MR) is 128 cm³/mol. The van der Waals surface area contributed by atoms with Gasteiger partial charge in [0.15, 0.2) is 5.76 Å². The Kier molecular flexibility index (Phi) is 4.17. The lowest BCUT2D eigenvalue weighted by molar-refractivity contribution is -0.108. The molecule has 1 aliphatic carbocycles. The molecule has 0 radical (unpaired) electrons. The van der Waals surface area contributed by atoms with Crippen LogP contribution in [0, 0.1) is 12.7 Å². The number of benzene rings is 2. The quantitative estimate of drug-likeness (QED) is 0.554. The molecule has 2 aromatic carbocycles. The second-order valence-electron chi connectivity index (χ2n) is 9.88. The van der Waals surface area contributed by atoms with E-state index in [1.165, 1.54) is 12.1 Å². The smallest absolute Gasteiger partial charge is 0.234 e. The minimum atomic E-state index is -0.824. The fraction of sp³-hybridized carbons (Fsp3) is 0.333. The van der Waals surface area contributed by atoms with E-state index in [1.807, 2.05) is 30.9 Å². The Hall–Kier alpha value is -3.81. The molecule has 1 atom stereocenters. The summed E-state index contributed by atoms with van der Waals surface area (Å²) in [7, 11) is 0. The highest BCUT2D eigenvalue weighted by Crippen LogP contribution is 2.51. The minimum Gasteiger partial charge on any atom is -0.491 e. The monoisotopic (exact) mass is 472 g/mol. The van der Waals surface area contributed by atoms with Crippen molar-refractivity contribution in [1.82, 2.24) is 14.5 Å². The fourth-order valence-electron chi connectivity index (χ4n) is 5.23. The molecule has 1 saturated heterocycles. The third kappa shape index (κ3) is 3.16. The molecular weight excluding hydrogens is 447 g/mol. The lowest BCUT2D eigenvalue weighted by Crippen LogP contribution is -2.53. The van der Waals surface area contributed by atoms with E-state index < -0.39 is 5.72 Å². The zero-order chi connectivity index (χ0) is 23.8. The van der Waals surface area contributed by atoms with Gasteiger partial charge in [-0.3, -0.25) is 0 Å². The van der Waals surface area contributed by atoms with Crippen LogP contribution >= 0.6 is 0 Å². The van der Waals surface area contributed by atoms with Gasteiger partial charge in [-0.05, 0) is 49.6 Å². The highest BCUT2D eigenvalue weighted by Gasteiger charge is 2.58. The molecule has 3 aliphatic heterocycles. The van der Waals surface area contributed by atoms with Crippen molar-refractivity contribution >= 4 is 11.9 Å². The standard InChI is InChI=1S/C27H25FN4O3/c1-17-14-31(16-29-17)22-8-3-18(21-9-12-33-24(21)22)13-23-25-30-35-26(2,19-4-6-20(28)7-5-19)32(25)15-27(34-23)10-11-27/h3-8,13-14,16H,9-12,15H2,1-2H3/b23-13-. The van der Waals surface area contributed by atoms with Crippen molar-refractivity contribution in [2.45, 2.75) is 44.4 Å². The molecular formula is C27H25FN4O3. The third-order valence-corrected chi connectivity index (χ3v) is 7.41. The van der Waals surface area contributed by atoms with Gasteiger partial charge in [-0.1, -0.05) is 23.4 Å². The van der Waals surface area contributed by atoms with Crippen LogP contribution in [0.3, 0.4) is 0 Å². The topological polar surface area (TPSA) is 61.1 Å². The molecule has 4 heterocycles. The van der Waals surface area contributed by atoms with Gasteiger partial charge >= 0.3 is 0 Å². The molecule has 0 bridgehead atoms. The van der Waals surface area contributed by atoms with Gasteiger partial charge in [0.05, 0.1) is 30.9 Å². The van der Waals surface area contributed by atoms with E-state index in [0.29, 0.717) is 24.7 Å². The van der Waals surface area contributed by atoms with E-state index in [0.717, 1.165) is 53.1 Å². The van der Waals surface area contributed by atoms with Crippen LogP contribution in [-0.2, 0) is 21.7 Å². The van der Waals surface area contributed by atoms with Gasteiger partial charge in [0.1, 0.15) is 17.2 Å². The first-order chi connectivity index (χ1) is 16.9. The Balaban J connectivity index is 1.29. The van der Waals surface area contributed by atoms with Gasteiger partial charge in [0.2, 0.25) is 11.6 Å². The predicted octanol–water partition coefficient (Wildman–Crippen LogP) is 4.68. The molecule has 1 unspecified atom stereocenters. The van der Waals surface area contributed by atoms with Crippen molar-refractivity contribution in [3.05, 3.63) is 82.9 Å². The number of imidazole rings is 1. The number of aromatic nitrogens is 2. The lowest BCUT2D eigenvalue weighted by Gasteiger charge is -2.41. The molecule has 1 spiro atoms. The molecule has 1 aromatic heterocycles. The van der Waals surface area contributed by atoms with Crippen molar-refractivity contribution in [1.29, 1.82) is 0 Å². The average molecular weight is 473 g/mol. The summed E-state index contributed by atoms with van der Waals surface area (Å²) in [4.78, 5) is 12.5. The van der Waals surface area contributed by atoms with E-state index in [4.69, 9.17) is 14.3 Å². The molecule has 4 aliphatic rings. The molecule has 1 saturated carbocycles. The summed E-state index contributed by atoms with van der Waals surface area (Å²) in [6.07, 6.45) is 8.64. The number of hydrogen-bond acceptors (Lipinski definition) is 6. The van der Waals surface area contributed by atoms with Crippen LogP contribution in [0.5, 0.6) is 5.75 Å². The second-order valence-corrected chi connectivity index (χ2v) is 9.88. The van der Waals surface area contributed by atoms with Gasteiger partial charge in [0.25, 0.3) is 0 Å². The van der Waals surface area contributed by atoms with E-state index >= 15 is 0 Å². The van der Waals surface area contributed by atoms with Crippen LogP contribution in [0.2, 0.25) is 0 Å². The number of aryl methyl sites for hydroxylation is 1. The van der Waals surface area contributed by atoms with E-state index in [2.05, 4.69) is 33.2 Å². The molecule has 7 nitrogen and oxygen atoms in total. The zero-order valence-corrected chi connectivity index (χ0v) is 19.6. The van der Waals surface area contributed by atoms with Gasteiger partial charge in [-0.2, -0.15) is 0 Å². The van der Waals surface area contributed by atoms with E-state index in [1.54, 1.807) is 12.1 Å². The summed E-state index contributed by atoms with van der Waals surface area (Å²) in [5, 5.41) is 4.45. The first-order valence-electron chi connectivity index (χ1n) is 11.9. The molecule has 3 aromatic rings. The van der Waals surface area contributed by atoms with Crippen molar-refractivity contribution in [3.63, 3.8) is 0 Å². The Labute approximate surface area is 202 Å². The summed E-state index contributed by atoms with van der Waals surface area (Å²) in [5.41, 5.74) is 3.91. The summed E-state index contributed by atoms with van der Waals surface area (Å²) in [6, 6.07) is 10.6. The third-order valence-electron chi connectivity index (χ3n) is 7.41. The van der Waals surface area contributed by atoms with Crippen molar-refractivity contribution in [2.24, 2.45) is 5.16 Å². The summed E-state index contributed by atoms with van der Waals surface area (Å²) >= 11 is 0. The second kappa shape index (κ2) is 7.10. The van der Waals surface area contributed by atoms with Crippen molar-refractivity contribution in [3.8, 4) is 11.4 Å². The summed E-state index contributed by atoms with van der Waals surface area (Å²) in [5.74, 6) is 1.96. The Morgan fingerprint density at radius 2 is 1.94 bits per heavy atom. The van der Waals surface area contributed by atoms with Crippen LogP contribution in [-0.4, -0.2) is 39.0 Å². The SMILES string of the molecule is Cc1cn(-c2ccc(/C=C3\OC4(CC4)CN4C3=NOC4(C)c3ccc(F)cc3)c3c2OCC3)cn1. The van der Waals surface area contributed by atoms with E-state index in [-0.39, 0.29) is 11.4 Å². The highest BCUT2D eigenvalue weighted by molar-refractivity contribution is 6.02. The maximum Gasteiger partial charge on any atom is 0.234 e. The normalized spacial score (nSPS) is 24.5. The van der Waals surface area contributed by atoms with Crippen LogP contribution in [0.1, 0.15) is 42.1 Å². The van der Waals surface area contributed by atoms with Crippen LogP contribution in [0.15, 0.2) is 59.8 Å². The first kappa shape index (κ1) is 20.6. The molecule has 0 N–H and O–H groups in total. The molecule has 178 valence electrons. The molecule has 2 fully saturated rings. The van der Waals surface area contributed by atoms with E-state index in [9.17, 15) is 4.39 Å². The van der Waals surface area contributed by atoms with Gasteiger partial charge in [-0.25, -0.2) is 9.37 Å². The van der Waals surface area contributed by atoms with Crippen LogP contribution in [0.4, 0.5) is 4.39 Å². The number of nitrogens with zero attached hydrogens (tertiary/aromatic N) is 4. The largest absolute Gasteiger partial charge is 0.491 e. The minimum absolute atomic E-state index is 0.242. The first-order valence-corrected chi connectivity index (χ1v) is 11.9. The highest BCUT2D eigenvalue weighted by atomic mass is 19.1. The summed E-state index contributed by atoms with van der Waals surface area (Å²) in [6.45, 7) is 5.26. The van der Waals surface area contributed by atoms with Crippen LogP contribution < -0.4 is 4.74 Å². The summed E-state index contributed by atoms with van der Waals surface area (Å²) < 4.78 is 28.2. The molecule has 8 heteroatoms. The molecule has 35 heavy (non-hydrogen) atoms. The van der Waals surface area contributed by atoms with Gasteiger partial charge < -0.3 is 23.8 Å². The number of halogens is 1. The number of rotatable bonds is 3. The number of amidine groups is 1. The fourth-order valence-corrected chi connectivity index (χ4v) is 5.23. The lowest BCUT2D eigenvalue weighted by atomic mass is 9.99. The van der Waals surface area contributed by atoms with Crippen molar-refractivity contribution in [2.75, 3.05) is 13.2 Å². The Morgan fingerprint density at radius 1 is 1.11 bits per heavy atom. The number of hydrogen-bond donors (Lipinski definition) is 0. The van der Waals surface area contributed by atoms with Crippen molar-refractivity contribution < 1.29 is 18.7 Å². The van der Waals surface area contributed by atoms with Gasteiger partial charge in [-0.15, -0.1) is 0 Å². The Bertz CT molecular complexity index is 1410. The number of oxime groups is 1. The maximum absolute atomic E-state index is 13.6. The number of ether oxygens (including phenoxy) is 2. The Morgan fingerprint density at radius 3 is 2.69 bits per heavy atom. The maximum atomic E-state index is 13.6. The molecule has 7 rings (SSSR count). The van der Waals surface area contributed by atoms with Gasteiger partial charge in [0, 0.05) is 30.7 Å². The number of fused-ring (bicyclic) bond motifs is 2. The zero-order valence-electron chi connectivity index (χ0n) is 19.6.